The van der Waals surface area contributed by atoms with Crippen molar-refractivity contribution in [2.24, 2.45) is 7.05 Å². The lowest BCUT2D eigenvalue weighted by Gasteiger charge is -2.27. The predicted molar refractivity (Wildman–Crippen MR) is 194 cm³/mol. The summed E-state index contributed by atoms with van der Waals surface area (Å²) < 4.78 is 5.02. The lowest BCUT2D eigenvalue weighted by atomic mass is 9.91. The van der Waals surface area contributed by atoms with Crippen LogP contribution in [0.4, 0.5) is 5.69 Å². The molecule has 0 bridgehead atoms. The average Bonchev–Trinajstić information content (AvgIpc) is 3.60. The Morgan fingerprint density at radius 2 is 1.20 bits per heavy atom. The Balaban J connectivity index is 0.000000145. The first-order chi connectivity index (χ1) is 22.6. The molecule has 1 unspecified atom stereocenters. The van der Waals surface area contributed by atoms with Crippen LogP contribution in [0.5, 0.6) is 0 Å². The highest BCUT2D eigenvalue weighted by molar-refractivity contribution is 6.21. The van der Waals surface area contributed by atoms with E-state index >= 15 is 0 Å². The van der Waals surface area contributed by atoms with Crippen molar-refractivity contribution in [1.29, 1.82) is 5.41 Å². The number of hydrogen-bond acceptors (Lipinski definition) is 2. The maximum Gasteiger partial charge on any atom is 0.0711 e. The van der Waals surface area contributed by atoms with Gasteiger partial charge in [0.2, 0.25) is 0 Å². The predicted octanol–water partition coefficient (Wildman–Crippen LogP) is 9.85. The van der Waals surface area contributed by atoms with Crippen molar-refractivity contribution in [3.05, 3.63) is 162 Å². The number of para-hydroxylation sites is 3. The first kappa shape index (κ1) is 27.9. The van der Waals surface area contributed by atoms with Crippen molar-refractivity contribution < 1.29 is 0 Å². The number of nitrogens with zero attached hydrogens (tertiary/aromatic N) is 2. The van der Waals surface area contributed by atoms with Crippen molar-refractivity contribution in [3.8, 4) is 0 Å². The first-order valence-electron chi connectivity index (χ1n) is 16.0. The summed E-state index contributed by atoms with van der Waals surface area (Å²) in [6.07, 6.45) is 3.45. The number of aryl methyl sites for hydroxylation is 2. The van der Waals surface area contributed by atoms with Gasteiger partial charge in [-0.3, -0.25) is 5.41 Å². The second-order valence-electron chi connectivity index (χ2n) is 12.3. The van der Waals surface area contributed by atoms with Crippen LogP contribution in [0.1, 0.15) is 34.8 Å². The molecule has 9 rings (SSSR count). The van der Waals surface area contributed by atoms with Gasteiger partial charge in [0, 0.05) is 74.7 Å². The molecular formula is C42H36N4. The van der Waals surface area contributed by atoms with E-state index in [0.29, 0.717) is 17.4 Å². The van der Waals surface area contributed by atoms with Crippen LogP contribution < -0.4 is 5.73 Å². The molecule has 0 amide bonds. The zero-order chi connectivity index (χ0) is 31.2. The normalized spacial score (nSPS) is 14.3. The van der Waals surface area contributed by atoms with E-state index < -0.39 is 0 Å². The molecular weight excluding hydrogens is 560 g/mol. The van der Waals surface area contributed by atoms with Crippen LogP contribution in [-0.2, 0) is 19.9 Å². The largest absolute Gasteiger partial charge is 0.398 e. The Morgan fingerprint density at radius 1 is 0.630 bits per heavy atom. The van der Waals surface area contributed by atoms with Gasteiger partial charge in [-0.2, -0.15) is 0 Å². The van der Waals surface area contributed by atoms with E-state index in [1.807, 2.05) is 66.7 Å². The molecule has 0 saturated heterocycles. The molecule has 4 heteroatoms. The molecule has 0 aliphatic heterocycles. The maximum atomic E-state index is 8.41. The van der Waals surface area contributed by atoms with Gasteiger partial charge in [0.15, 0.2) is 0 Å². The van der Waals surface area contributed by atoms with Crippen LogP contribution in [0.3, 0.4) is 0 Å². The van der Waals surface area contributed by atoms with Crippen LogP contribution in [0.2, 0.25) is 0 Å². The molecule has 2 heterocycles. The minimum absolute atomic E-state index is 0.468. The molecule has 0 saturated carbocycles. The molecule has 224 valence electrons. The molecule has 0 fully saturated rings. The van der Waals surface area contributed by atoms with E-state index in [9.17, 15) is 0 Å². The third-order valence-electron chi connectivity index (χ3n) is 9.76. The van der Waals surface area contributed by atoms with Gasteiger partial charge in [-0.1, -0.05) is 115 Å². The van der Waals surface area contributed by atoms with Crippen molar-refractivity contribution in [1.82, 2.24) is 9.13 Å². The molecule has 0 spiro atoms. The first-order valence-corrected chi connectivity index (χ1v) is 16.0. The van der Waals surface area contributed by atoms with E-state index in [1.165, 1.54) is 44.8 Å². The summed E-state index contributed by atoms with van der Waals surface area (Å²) in [5.41, 5.74) is 16.1. The number of hydrogen-bond donors (Lipinski definition) is 2. The average molecular weight is 597 g/mol. The molecule has 1 atom stereocenters. The number of nitrogens with two attached hydrogens (primary N) is 1. The van der Waals surface area contributed by atoms with E-state index in [1.54, 1.807) is 5.56 Å². The minimum atomic E-state index is 0.468. The second-order valence-corrected chi connectivity index (χ2v) is 12.3. The fourth-order valence-corrected chi connectivity index (χ4v) is 7.58. The number of nitrogen functional groups attached to an aromatic ring is 1. The van der Waals surface area contributed by atoms with E-state index in [2.05, 4.69) is 89.0 Å². The number of rotatable bonds is 3. The number of nitrogens with one attached hydrogen (secondary N) is 1. The van der Waals surface area contributed by atoms with Crippen LogP contribution in [-0.4, -0.2) is 14.8 Å². The SMILES string of the molecule is Cn1c2c(c3ccccc31)CCC(n1c3ccccc3c3ccccc31)C2.N=C(c1ccccc1)c1c(N)ccc2ccccc12. The zero-order valence-electron chi connectivity index (χ0n) is 25.9. The number of anilines is 1. The van der Waals surface area contributed by atoms with E-state index in [-0.39, 0.29) is 0 Å². The molecule has 6 aromatic carbocycles. The van der Waals surface area contributed by atoms with Crippen LogP contribution in [0.15, 0.2) is 140 Å². The monoisotopic (exact) mass is 596 g/mol. The smallest absolute Gasteiger partial charge is 0.0711 e. The van der Waals surface area contributed by atoms with Gasteiger partial charge in [0.1, 0.15) is 0 Å². The van der Waals surface area contributed by atoms with Crippen LogP contribution >= 0.6 is 0 Å². The molecule has 3 N–H and O–H groups in total. The van der Waals surface area contributed by atoms with Crippen molar-refractivity contribution in [2.45, 2.75) is 25.3 Å². The van der Waals surface area contributed by atoms with Crippen molar-refractivity contribution in [2.75, 3.05) is 5.73 Å². The summed E-state index contributed by atoms with van der Waals surface area (Å²) in [5.74, 6) is 0. The highest BCUT2D eigenvalue weighted by Crippen LogP contribution is 2.40. The molecule has 1 aliphatic rings. The fourth-order valence-electron chi connectivity index (χ4n) is 7.58. The molecule has 0 radical (unpaired) electrons. The fraction of sp³-hybridized carbons (Fsp3) is 0.119. The summed E-state index contributed by atoms with van der Waals surface area (Å²) in [6, 6.07) is 48.7. The standard InChI is InChI=1S/C25H22N2.C17H14N2/c1-26-22-11-5-2-8-18(22)21-15-14-17(16-25(21)26)27-23-12-6-3-9-19(23)20-10-4-7-13-24(20)27;18-15-11-10-12-6-4-5-9-14(12)16(15)17(19)13-7-2-1-3-8-13/h2-13,17H,14-16H2,1H3;1-11,19H,18H2. The Kier molecular flexibility index (Phi) is 6.91. The van der Waals surface area contributed by atoms with Gasteiger partial charge in [0.25, 0.3) is 0 Å². The molecule has 46 heavy (non-hydrogen) atoms. The summed E-state index contributed by atoms with van der Waals surface area (Å²) in [4.78, 5) is 0. The molecule has 1 aliphatic carbocycles. The highest BCUT2D eigenvalue weighted by Gasteiger charge is 2.27. The quantitative estimate of drug-likeness (QED) is 0.155. The minimum Gasteiger partial charge on any atom is -0.398 e. The Bertz CT molecular complexity index is 2340. The van der Waals surface area contributed by atoms with Gasteiger partial charge in [0.05, 0.1) is 5.71 Å². The van der Waals surface area contributed by atoms with Gasteiger partial charge < -0.3 is 14.9 Å². The number of fused-ring (bicyclic) bond motifs is 7. The summed E-state index contributed by atoms with van der Waals surface area (Å²) in [5, 5.41) is 14.7. The second kappa shape index (κ2) is 11.4. The third kappa shape index (κ3) is 4.57. The van der Waals surface area contributed by atoms with Crippen molar-refractivity contribution >= 4 is 54.9 Å². The highest BCUT2D eigenvalue weighted by atomic mass is 15.0. The number of benzene rings is 6. The van der Waals surface area contributed by atoms with Gasteiger partial charge in [-0.25, -0.2) is 0 Å². The molecule has 2 aromatic heterocycles. The summed E-state index contributed by atoms with van der Waals surface area (Å²) >= 11 is 0. The molecule has 8 aromatic rings. The van der Waals surface area contributed by atoms with Gasteiger partial charge in [-0.05, 0) is 53.4 Å². The van der Waals surface area contributed by atoms with Crippen LogP contribution in [0, 0.1) is 5.41 Å². The van der Waals surface area contributed by atoms with Crippen LogP contribution in [0.25, 0.3) is 43.5 Å². The van der Waals surface area contributed by atoms with Gasteiger partial charge >= 0.3 is 0 Å². The van der Waals surface area contributed by atoms with Gasteiger partial charge in [-0.15, -0.1) is 0 Å². The maximum absolute atomic E-state index is 8.41. The zero-order valence-corrected chi connectivity index (χ0v) is 25.9. The lowest BCUT2D eigenvalue weighted by Crippen LogP contribution is -2.19. The topological polar surface area (TPSA) is 59.7 Å². The van der Waals surface area contributed by atoms with E-state index in [4.69, 9.17) is 11.1 Å². The van der Waals surface area contributed by atoms with Crippen molar-refractivity contribution in [3.63, 3.8) is 0 Å². The van der Waals surface area contributed by atoms with E-state index in [0.717, 1.165) is 34.7 Å². The Morgan fingerprint density at radius 3 is 1.89 bits per heavy atom. The summed E-state index contributed by atoms with van der Waals surface area (Å²) in [6.45, 7) is 0. The summed E-state index contributed by atoms with van der Waals surface area (Å²) in [7, 11) is 2.23. The molecule has 4 nitrogen and oxygen atoms in total. The lowest BCUT2D eigenvalue weighted by molar-refractivity contribution is 0.454. The third-order valence-corrected chi connectivity index (χ3v) is 9.76. The number of aromatic nitrogens is 2. The Hall–Kier alpha value is -5.61. The Labute approximate surface area is 268 Å².